The van der Waals surface area contributed by atoms with Crippen molar-refractivity contribution < 1.29 is 14.1 Å². The van der Waals surface area contributed by atoms with Gasteiger partial charge in [0.25, 0.3) is 5.91 Å². The van der Waals surface area contributed by atoms with Crippen LogP contribution in [0, 0.1) is 17.2 Å². The lowest BCUT2D eigenvalue weighted by Crippen LogP contribution is -2.41. The minimum atomic E-state index is -0.333. The molecule has 6 heterocycles. The SMILES string of the molecule is CCCCc1c(-c2nc(O[C@@H](C)[C@@H]3[C@@H](C)CCN3C)cc(-n3ccc(C(=O)N[C@@H](C)c4ccccn4)n3)n2)noc1[C@H]1CCCc2sc(N)c(C#N)c21. The minimum absolute atomic E-state index is 0.144. The molecule has 1 amide bonds. The van der Waals surface area contributed by atoms with Crippen LogP contribution < -0.4 is 15.8 Å². The van der Waals surface area contributed by atoms with Crippen LogP contribution in [-0.4, -0.2) is 66.4 Å². The van der Waals surface area contributed by atoms with Crippen molar-refractivity contribution in [1.82, 2.24) is 40.1 Å². The fourth-order valence-electron chi connectivity index (χ4n) is 7.91. The first kappa shape index (κ1) is 36.2. The summed E-state index contributed by atoms with van der Waals surface area (Å²) in [6.45, 7) is 9.36. The number of aryl methyl sites for hydroxylation is 1. The summed E-state index contributed by atoms with van der Waals surface area (Å²) in [5, 5.41) is 22.8. The van der Waals surface area contributed by atoms with Crippen LogP contribution in [0.5, 0.6) is 5.88 Å². The highest BCUT2D eigenvalue weighted by atomic mass is 32.1. The largest absolute Gasteiger partial charge is 0.473 e. The van der Waals surface area contributed by atoms with Crippen LogP contribution in [0.15, 0.2) is 47.2 Å². The molecule has 3 N–H and O–H groups in total. The van der Waals surface area contributed by atoms with E-state index in [0.29, 0.717) is 46.1 Å². The fraction of sp³-hybridized carbons (Fsp3) is 0.462. The van der Waals surface area contributed by atoms with E-state index in [9.17, 15) is 10.1 Å². The van der Waals surface area contributed by atoms with E-state index in [-0.39, 0.29) is 35.7 Å². The lowest BCUT2D eigenvalue weighted by atomic mass is 9.81. The number of hydrogen-bond acceptors (Lipinski definition) is 12. The predicted octanol–water partition coefficient (Wildman–Crippen LogP) is 6.64. The molecule has 5 atom stereocenters. The van der Waals surface area contributed by atoms with Crippen LogP contribution in [-0.2, 0) is 12.8 Å². The standard InChI is InChI=1S/C39H46N10O3S/c1-6-7-11-26-34(47-52-36(26)25-12-10-14-30-33(25)27(21-40)37(41)53-30)38-44-31(20-32(45-38)51-24(4)35-22(2)15-18-48(35)5)49-19-16-29(46-49)39(50)43-23(3)28-13-8-9-17-42-28/h8-9,13,16-17,19-20,22-25,35H,6-7,10-12,14-15,18,41H2,1-5H3,(H,43,50)/t22-,23-,24-,25-,35-/m0/s1. The number of ether oxygens (including phenoxy) is 1. The Morgan fingerprint density at radius 2 is 2.09 bits per heavy atom. The highest BCUT2D eigenvalue weighted by molar-refractivity contribution is 7.16. The molecule has 1 aliphatic carbocycles. The molecule has 1 aliphatic heterocycles. The quantitative estimate of drug-likeness (QED) is 0.141. The number of nitrogens with zero attached hydrogens (tertiary/aromatic N) is 8. The number of anilines is 1. The van der Waals surface area contributed by atoms with Crippen molar-refractivity contribution >= 4 is 22.2 Å². The van der Waals surface area contributed by atoms with Crippen LogP contribution >= 0.6 is 11.3 Å². The number of likely N-dealkylation sites (tertiary alicyclic amines) is 1. The number of nitriles is 1. The Labute approximate surface area is 313 Å². The number of nitrogen functional groups attached to an aromatic ring is 1. The number of aromatic nitrogens is 6. The third-order valence-electron chi connectivity index (χ3n) is 10.6. The van der Waals surface area contributed by atoms with Gasteiger partial charge in [-0.3, -0.25) is 14.7 Å². The van der Waals surface area contributed by atoms with Gasteiger partial charge in [0.05, 0.1) is 17.3 Å². The third kappa shape index (κ3) is 7.28. The first-order valence-corrected chi connectivity index (χ1v) is 19.3. The number of amides is 1. The van der Waals surface area contributed by atoms with E-state index in [1.54, 1.807) is 29.2 Å². The van der Waals surface area contributed by atoms with Crippen molar-refractivity contribution in [3.63, 3.8) is 0 Å². The summed E-state index contributed by atoms with van der Waals surface area (Å²) in [4.78, 5) is 31.0. The molecule has 0 saturated carbocycles. The summed E-state index contributed by atoms with van der Waals surface area (Å²) in [5.74, 6) is 1.85. The molecule has 5 aromatic rings. The van der Waals surface area contributed by atoms with Gasteiger partial charge in [0.1, 0.15) is 22.9 Å². The average Bonchev–Trinajstić information content (AvgIpc) is 3.95. The number of thiophene rings is 1. The molecule has 0 aromatic carbocycles. The lowest BCUT2D eigenvalue weighted by Gasteiger charge is -2.29. The van der Waals surface area contributed by atoms with Gasteiger partial charge in [-0.2, -0.15) is 15.3 Å². The molecule has 13 nitrogen and oxygen atoms in total. The van der Waals surface area contributed by atoms with Crippen molar-refractivity contribution in [2.24, 2.45) is 5.92 Å². The number of carbonyl (C=O) groups is 1. The summed E-state index contributed by atoms with van der Waals surface area (Å²) in [5.41, 5.74) is 10.3. The number of carbonyl (C=O) groups excluding carboxylic acids is 1. The Balaban J connectivity index is 1.28. The van der Waals surface area contributed by atoms with Gasteiger partial charge in [-0.05, 0) is 95.6 Å². The number of nitrogens with one attached hydrogen (secondary N) is 1. The zero-order valence-electron chi connectivity index (χ0n) is 30.9. The molecule has 1 saturated heterocycles. The molecule has 1 fully saturated rings. The van der Waals surface area contributed by atoms with E-state index in [1.807, 2.05) is 25.1 Å². The van der Waals surface area contributed by atoms with Gasteiger partial charge in [-0.25, -0.2) is 9.67 Å². The van der Waals surface area contributed by atoms with E-state index in [4.69, 9.17) is 25.0 Å². The van der Waals surface area contributed by atoms with Crippen molar-refractivity contribution in [2.45, 2.75) is 96.7 Å². The number of pyridine rings is 1. The number of fused-ring (bicyclic) bond motifs is 1. The molecular weight excluding hydrogens is 689 g/mol. The molecule has 7 rings (SSSR count). The first-order valence-electron chi connectivity index (χ1n) is 18.5. The molecule has 0 radical (unpaired) electrons. The number of nitrogens with two attached hydrogens (primary N) is 1. The fourth-order valence-corrected chi connectivity index (χ4v) is 9.03. The van der Waals surface area contributed by atoms with Crippen LogP contribution in [0.1, 0.15) is 115 Å². The maximum atomic E-state index is 13.3. The second kappa shape index (κ2) is 15.5. The summed E-state index contributed by atoms with van der Waals surface area (Å²) in [6.07, 6.45) is 9.56. The average molecular weight is 735 g/mol. The molecule has 2 aliphatic rings. The molecule has 14 heteroatoms. The second-order valence-corrected chi connectivity index (χ2v) is 15.4. The van der Waals surface area contributed by atoms with Crippen LogP contribution in [0.25, 0.3) is 17.3 Å². The van der Waals surface area contributed by atoms with Crippen LogP contribution in [0.4, 0.5) is 5.00 Å². The van der Waals surface area contributed by atoms with Gasteiger partial charge in [-0.1, -0.05) is 31.5 Å². The van der Waals surface area contributed by atoms with Gasteiger partial charge >= 0.3 is 0 Å². The molecule has 5 aromatic heterocycles. The summed E-state index contributed by atoms with van der Waals surface area (Å²) >= 11 is 1.50. The summed E-state index contributed by atoms with van der Waals surface area (Å²) in [6, 6.07) is 11.2. The van der Waals surface area contributed by atoms with E-state index >= 15 is 0 Å². The Bertz CT molecular complexity index is 2110. The van der Waals surface area contributed by atoms with E-state index < -0.39 is 0 Å². The van der Waals surface area contributed by atoms with Gasteiger partial charge in [0.2, 0.25) is 5.88 Å². The minimum Gasteiger partial charge on any atom is -0.473 e. The Hall–Kier alpha value is -5.13. The number of likely N-dealkylation sites (N-methyl/N-ethyl adjacent to an activating group) is 1. The lowest BCUT2D eigenvalue weighted by molar-refractivity contribution is 0.0933. The number of hydrogen-bond donors (Lipinski definition) is 2. The van der Waals surface area contributed by atoms with Crippen molar-refractivity contribution in [2.75, 3.05) is 19.3 Å². The first-order chi connectivity index (χ1) is 25.7. The van der Waals surface area contributed by atoms with Crippen molar-refractivity contribution in [3.8, 4) is 29.3 Å². The van der Waals surface area contributed by atoms with Gasteiger partial charge in [-0.15, -0.1) is 11.3 Å². The van der Waals surface area contributed by atoms with Gasteiger partial charge in [0.15, 0.2) is 23.0 Å². The van der Waals surface area contributed by atoms with Gasteiger partial charge in [0, 0.05) is 40.9 Å². The highest BCUT2D eigenvalue weighted by Crippen LogP contribution is 2.47. The Morgan fingerprint density at radius 1 is 1.25 bits per heavy atom. The summed E-state index contributed by atoms with van der Waals surface area (Å²) in [7, 11) is 2.13. The predicted molar refractivity (Wildman–Crippen MR) is 202 cm³/mol. The maximum Gasteiger partial charge on any atom is 0.272 e. The molecule has 0 unspecified atom stereocenters. The van der Waals surface area contributed by atoms with Crippen molar-refractivity contribution in [3.05, 3.63) is 81.4 Å². The molecule has 0 bridgehead atoms. The Kier molecular flexibility index (Phi) is 10.6. The molecular formula is C39H46N10O3S. The zero-order valence-corrected chi connectivity index (χ0v) is 31.7. The summed E-state index contributed by atoms with van der Waals surface area (Å²) < 4.78 is 14.4. The third-order valence-corrected chi connectivity index (χ3v) is 11.7. The monoisotopic (exact) mass is 734 g/mol. The van der Waals surface area contributed by atoms with Crippen LogP contribution in [0.2, 0.25) is 0 Å². The van der Waals surface area contributed by atoms with Crippen LogP contribution in [0.3, 0.4) is 0 Å². The molecule has 53 heavy (non-hydrogen) atoms. The topological polar surface area (TPSA) is 174 Å². The normalized spacial score (nSPS) is 19.7. The van der Waals surface area contributed by atoms with E-state index in [0.717, 1.165) is 72.5 Å². The highest BCUT2D eigenvalue weighted by Gasteiger charge is 2.36. The Morgan fingerprint density at radius 3 is 2.83 bits per heavy atom. The number of rotatable bonds is 12. The van der Waals surface area contributed by atoms with E-state index in [2.05, 4.69) is 59.3 Å². The second-order valence-electron chi connectivity index (χ2n) is 14.3. The van der Waals surface area contributed by atoms with E-state index in [1.165, 1.54) is 11.3 Å². The smallest absolute Gasteiger partial charge is 0.272 e. The molecule has 276 valence electrons. The number of unbranched alkanes of at least 4 members (excludes halogenated alkanes) is 1. The zero-order chi connectivity index (χ0) is 37.2. The maximum absolute atomic E-state index is 13.3. The molecule has 0 spiro atoms. The van der Waals surface area contributed by atoms with Crippen molar-refractivity contribution in [1.29, 1.82) is 5.26 Å². The van der Waals surface area contributed by atoms with Gasteiger partial charge < -0.3 is 20.3 Å².